The molecule has 3 aliphatic rings. The van der Waals surface area contributed by atoms with Gasteiger partial charge in [-0.25, -0.2) is 5.43 Å². The van der Waals surface area contributed by atoms with Crippen LogP contribution in [0.4, 0.5) is 0 Å². The number of fused-ring (bicyclic) bond motifs is 1. The van der Waals surface area contributed by atoms with E-state index in [2.05, 4.69) is 10.7 Å². The minimum absolute atomic E-state index is 0.0370. The summed E-state index contributed by atoms with van der Waals surface area (Å²) in [4.78, 5) is 26.7. The molecule has 7 heteroatoms. The zero-order chi connectivity index (χ0) is 19.5. The van der Waals surface area contributed by atoms with E-state index in [0.29, 0.717) is 13.0 Å². The topological polar surface area (TPSA) is 73.9 Å². The lowest BCUT2D eigenvalue weighted by Gasteiger charge is -2.31. The second-order valence-corrected chi connectivity index (χ2v) is 7.66. The Kier molecular flexibility index (Phi) is 5.52. The molecule has 1 saturated heterocycles. The molecule has 2 heterocycles. The summed E-state index contributed by atoms with van der Waals surface area (Å²) in [5, 5.41) is 4.90. The maximum absolute atomic E-state index is 12.9. The Labute approximate surface area is 165 Å². The number of benzene rings is 1. The summed E-state index contributed by atoms with van der Waals surface area (Å²) < 4.78 is 5.49. The van der Waals surface area contributed by atoms with E-state index in [-0.39, 0.29) is 36.5 Å². The first kappa shape index (κ1) is 18.8. The minimum Gasteiger partial charge on any atom is -0.494 e. The van der Waals surface area contributed by atoms with Gasteiger partial charge in [0.2, 0.25) is 5.91 Å². The van der Waals surface area contributed by atoms with Crippen molar-refractivity contribution in [3.05, 3.63) is 42.2 Å². The van der Waals surface area contributed by atoms with Gasteiger partial charge in [-0.1, -0.05) is 25.0 Å². The summed E-state index contributed by atoms with van der Waals surface area (Å²) in [7, 11) is 0. The predicted molar refractivity (Wildman–Crippen MR) is 105 cm³/mol. The second-order valence-electron chi connectivity index (χ2n) is 7.66. The molecule has 2 aliphatic heterocycles. The van der Waals surface area contributed by atoms with E-state index in [1.165, 1.54) is 17.7 Å². The zero-order valence-corrected chi connectivity index (χ0v) is 16.3. The van der Waals surface area contributed by atoms with Crippen LogP contribution in [0.5, 0.6) is 5.75 Å². The monoisotopic (exact) mass is 384 g/mol. The van der Waals surface area contributed by atoms with Crippen LogP contribution in [0.2, 0.25) is 0 Å². The van der Waals surface area contributed by atoms with Crippen LogP contribution < -0.4 is 15.5 Å². The fraction of sp³-hybridized carbons (Fsp3) is 0.524. The molecule has 4 rings (SSSR count). The first-order valence-corrected chi connectivity index (χ1v) is 10.2. The molecule has 7 nitrogen and oxygen atoms in total. The Balaban J connectivity index is 1.35. The van der Waals surface area contributed by atoms with Gasteiger partial charge in [0.05, 0.1) is 12.6 Å². The van der Waals surface area contributed by atoms with Crippen molar-refractivity contribution in [2.24, 2.45) is 0 Å². The summed E-state index contributed by atoms with van der Waals surface area (Å²) in [6.45, 7) is 2.69. The first-order valence-electron chi connectivity index (χ1n) is 10.2. The summed E-state index contributed by atoms with van der Waals surface area (Å²) in [6.07, 6.45) is 8.63. The van der Waals surface area contributed by atoms with Crippen LogP contribution in [-0.2, 0) is 9.59 Å². The second kappa shape index (κ2) is 8.22. The number of nitrogens with zero attached hydrogens (tertiary/aromatic N) is 2. The highest BCUT2D eigenvalue weighted by Gasteiger charge is 2.40. The van der Waals surface area contributed by atoms with Crippen LogP contribution in [-0.4, -0.2) is 47.0 Å². The van der Waals surface area contributed by atoms with Crippen LogP contribution >= 0.6 is 0 Å². The number of rotatable bonds is 6. The number of hydrogen-bond donors (Lipinski definition) is 2. The molecular formula is C21H28N4O3. The fourth-order valence-corrected chi connectivity index (χ4v) is 4.25. The summed E-state index contributed by atoms with van der Waals surface area (Å²) in [5.41, 5.74) is 4.50. The molecule has 2 amide bonds. The van der Waals surface area contributed by atoms with Gasteiger partial charge in [-0.2, -0.15) is 0 Å². The SMILES string of the molecule is CCOc1ccc(C2CC3C(=O)N(CC(=O)NC4CCCC4)C=CN3N2)cc1. The molecule has 150 valence electrons. The van der Waals surface area contributed by atoms with Crippen molar-refractivity contribution in [1.29, 1.82) is 0 Å². The molecule has 0 bridgehead atoms. The van der Waals surface area contributed by atoms with Crippen LogP contribution in [0.3, 0.4) is 0 Å². The third kappa shape index (κ3) is 3.99. The van der Waals surface area contributed by atoms with Crippen molar-refractivity contribution < 1.29 is 14.3 Å². The molecule has 2 atom stereocenters. The highest BCUT2D eigenvalue weighted by Crippen LogP contribution is 2.31. The largest absolute Gasteiger partial charge is 0.494 e. The van der Waals surface area contributed by atoms with Gasteiger partial charge >= 0.3 is 0 Å². The molecule has 1 aromatic rings. The standard InChI is InChI=1S/C21H28N4O3/c1-2-28-17-9-7-15(8-10-17)18-13-19-21(27)24(11-12-25(19)23-18)14-20(26)22-16-5-3-4-6-16/h7-12,16,18-19,23H,2-6,13-14H2,1H3,(H,22,26). The van der Waals surface area contributed by atoms with Crippen LogP contribution in [0.15, 0.2) is 36.7 Å². The van der Waals surface area contributed by atoms with Crippen LogP contribution in [0, 0.1) is 0 Å². The van der Waals surface area contributed by atoms with Crippen molar-refractivity contribution in [2.75, 3.05) is 13.2 Å². The number of carbonyl (C=O) groups excluding carboxylic acids is 2. The number of nitrogens with one attached hydrogen (secondary N) is 2. The Morgan fingerprint density at radius 1 is 1.21 bits per heavy atom. The van der Waals surface area contributed by atoms with Gasteiger partial charge in [0, 0.05) is 18.4 Å². The lowest BCUT2D eigenvalue weighted by atomic mass is 10.0. The zero-order valence-electron chi connectivity index (χ0n) is 16.3. The van der Waals surface area contributed by atoms with Crippen molar-refractivity contribution in [2.45, 2.75) is 57.2 Å². The molecule has 0 spiro atoms. The van der Waals surface area contributed by atoms with Gasteiger partial charge in [-0.3, -0.25) is 9.59 Å². The molecule has 28 heavy (non-hydrogen) atoms. The van der Waals surface area contributed by atoms with Gasteiger partial charge < -0.3 is 20.0 Å². The van der Waals surface area contributed by atoms with Crippen molar-refractivity contribution >= 4 is 11.8 Å². The van der Waals surface area contributed by atoms with E-state index in [9.17, 15) is 9.59 Å². The third-order valence-corrected chi connectivity index (χ3v) is 5.70. The molecule has 0 radical (unpaired) electrons. The van der Waals surface area contributed by atoms with Crippen molar-refractivity contribution in [1.82, 2.24) is 20.7 Å². The summed E-state index contributed by atoms with van der Waals surface area (Å²) in [6, 6.07) is 8.00. The Morgan fingerprint density at radius 3 is 2.68 bits per heavy atom. The highest BCUT2D eigenvalue weighted by atomic mass is 16.5. The molecule has 0 aromatic heterocycles. The van der Waals surface area contributed by atoms with E-state index in [0.717, 1.165) is 24.2 Å². The normalized spacial score (nSPS) is 24.5. The number of hydrogen-bond acceptors (Lipinski definition) is 5. The van der Waals surface area contributed by atoms with Gasteiger partial charge in [0.1, 0.15) is 18.3 Å². The molecule has 2 N–H and O–H groups in total. The maximum atomic E-state index is 12.9. The lowest BCUT2D eigenvalue weighted by Crippen LogP contribution is -2.51. The third-order valence-electron chi connectivity index (χ3n) is 5.70. The number of carbonyl (C=O) groups is 2. The van der Waals surface area contributed by atoms with Gasteiger partial charge in [-0.15, -0.1) is 0 Å². The van der Waals surface area contributed by atoms with Crippen molar-refractivity contribution in [3.63, 3.8) is 0 Å². The van der Waals surface area contributed by atoms with Gasteiger partial charge in [0.25, 0.3) is 5.91 Å². The molecule has 1 aromatic carbocycles. The fourth-order valence-electron chi connectivity index (χ4n) is 4.25. The smallest absolute Gasteiger partial charge is 0.251 e. The molecule has 2 fully saturated rings. The van der Waals surface area contributed by atoms with E-state index in [1.54, 1.807) is 6.20 Å². The molecule has 2 unspecified atom stereocenters. The lowest BCUT2D eigenvalue weighted by molar-refractivity contribution is -0.138. The van der Waals surface area contributed by atoms with Gasteiger partial charge in [0.15, 0.2) is 0 Å². The number of ether oxygens (including phenoxy) is 1. The maximum Gasteiger partial charge on any atom is 0.251 e. The Hall–Kier alpha value is -2.54. The Morgan fingerprint density at radius 2 is 1.96 bits per heavy atom. The highest BCUT2D eigenvalue weighted by molar-refractivity contribution is 5.89. The van der Waals surface area contributed by atoms with E-state index in [4.69, 9.17) is 4.74 Å². The average molecular weight is 384 g/mol. The predicted octanol–water partition coefficient (Wildman–Crippen LogP) is 2.08. The van der Waals surface area contributed by atoms with Crippen LogP contribution in [0.1, 0.15) is 50.6 Å². The van der Waals surface area contributed by atoms with Crippen LogP contribution in [0.25, 0.3) is 0 Å². The molecular weight excluding hydrogens is 356 g/mol. The summed E-state index contributed by atoms with van der Waals surface area (Å²) >= 11 is 0. The average Bonchev–Trinajstić information content (AvgIpc) is 3.35. The van der Waals surface area contributed by atoms with E-state index in [1.807, 2.05) is 42.4 Å². The first-order chi connectivity index (χ1) is 13.6. The molecule has 1 saturated carbocycles. The van der Waals surface area contributed by atoms with Crippen molar-refractivity contribution in [3.8, 4) is 5.75 Å². The van der Waals surface area contributed by atoms with Gasteiger partial charge in [-0.05, 0) is 43.9 Å². The summed E-state index contributed by atoms with van der Waals surface area (Å²) in [5.74, 6) is 0.731. The number of amides is 2. The quantitative estimate of drug-likeness (QED) is 0.786. The number of hydrazine groups is 1. The molecule has 1 aliphatic carbocycles. The minimum atomic E-state index is -0.291. The van der Waals surface area contributed by atoms with E-state index < -0.39 is 0 Å². The Bertz CT molecular complexity index is 743. The van der Waals surface area contributed by atoms with E-state index >= 15 is 0 Å².